The minimum Gasteiger partial charge on any atom is -0.370 e. The smallest absolute Gasteiger partial charge is 0.274 e. The summed E-state index contributed by atoms with van der Waals surface area (Å²) in [5, 5.41) is 6.05. The number of hydrogen-bond donors (Lipinski definition) is 2. The van der Waals surface area contributed by atoms with Crippen LogP contribution >= 0.6 is 0 Å². The molecule has 0 aliphatic rings. The van der Waals surface area contributed by atoms with Gasteiger partial charge in [0.2, 0.25) is 0 Å². The quantitative estimate of drug-likeness (QED) is 0.690. The zero-order valence-corrected chi connectivity index (χ0v) is 15.3. The lowest BCUT2D eigenvalue weighted by Crippen LogP contribution is -2.16. The first-order valence-electron chi connectivity index (χ1n) is 8.70. The van der Waals surface area contributed by atoms with Gasteiger partial charge in [0.1, 0.15) is 23.7 Å². The van der Waals surface area contributed by atoms with Crippen molar-refractivity contribution in [3.8, 4) is 0 Å². The summed E-state index contributed by atoms with van der Waals surface area (Å²) in [6, 6.07) is 13.9. The SMILES string of the molecule is Cc1ccc(C)c(NC(=O)c2cc(NCCc3ccc(F)cc3)ncn2)c1. The molecular weight excluding hydrogens is 343 g/mol. The number of aromatic nitrogens is 2. The minimum absolute atomic E-state index is 0.248. The number of anilines is 2. The first-order chi connectivity index (χ1) is 13.0. The van der Waals surface area contributed by atoms with Gasteiger partial charge >= 0.3 is 0 Å². The largest absolute Gasteiger partial charge is 0.370 e. The van der Waals surface area contributed by atoms with E-state index < -0.39 is 0 Å². The second-order valence-electron chi connectivity index (χ2n) is 6.36. The molecule has 0 fully saturated rings. The number of aryl methyl sites for hydroxylation is 2. The van der Waals surface area contributed by atoms with Gasteiger partial charge in [0.15, 0.2) is 0 Å². The Labute approximate surface area is 157 Å². The molecule has 3 rings (SSSR count). The van der Waals surface area contributed by atoms with Gasteiger partial charge in [0, 0.05) is 18.3 Å². The van der Waals surface area contributed by atoms with E-state index in [0.29, 0.717) is 18.8 Å². The van der Waals surface area contributed by atoms with Gasteiger partial charge < -0.3 is 10.6 Å². The zero-order chi connectivity index (χ0) is 19.2. The summed E-state index contributed by atoms with van der Waals surface area (Å²) in [5.74, 6) is 0.0351. The predicted octanol–water partition coefficient (Wildman–Crippen LogP) is 4.14. The Hall–Kier alpha value is -3.28. The topological polar surface area (TPSA) is 66.9 Å². The molecule has 0 radical (unpaired) electrons. The van der Waals surface area contributed by atoms with E-state index in [1.165, 1.54) is 18.5 Å². The van der Waals surface area contributed by atoms with Crippen LogP contribution in [-0.2, 0) is 6.42 Å². The molecule has 138 valence electrons. The fraction of sp³-hybridized carbons (Fsp3) is 0.190. The van der Waals surface area contributed by atoms with E-state index in [4.69, 9.17) is 0 Å². The van der Waals surface area contributed by atoms with Crippen molar-refractivity contribution < 1.29 is 9.18 Å². The van der Waals surface area contributed by atoms with Gasteiger partial charge in [-0.15, -0.1) is 0 Å². The molecule has 0 aliphatic heterocycles. The van der Waals surface area contributed by atoms with Crippen LogP contribution in [0.5, 0.6) is 0 Å². The molecule has 0 saturated heterocycles. The Balaban J connectivity index is 1.61. The van der Waals surface area contributed by atoms with Crippen molar-refractivity contribution >= 4 is 17.4 Å². The Bertz CT molecular complexity index is 941. The van der Waals surface area contributed by atoms with Crippen molar-refractivity contribution in [2.24, 2.45) is 0 Å². The maximum absolute atomic E-state index is 12.9. The van der Waals surface area contributed by atoms with Crippen LogP contribution < -0.4 is 10.6 Å². The van der Waals surface area contributed by atoms with Gasteiger partial charge in [-0.3, -0.25) is 4.79 Å². The van der Waals surface area contributed by atoms with Crippen LogP contribution in [0.15, 0.2) is 54.9 Å². The van der Waals surface area contributed by atoms with Gasteiger partial charge in [0.25, 0.3) is 5.91 Å². The Kier molecular flexibility index (Phi) is 5.76. The molecule has 6 heteroatoms. The molecule has 3 aromatic rings. The monoisotopic (exact) mass is 364 g/mol. The number of carbonyl (C=O) groups is 1. The first-order valence-corrected chi connectivity index (χ1v) is 8.70. The fourth-order valence-corrected chi connectivity index (χ4v) is 2.62. The normalized spacial score (nSPS) is 10.5. The number of halogens is 1. The molecule has 2 aromatic carbocycles. The third kappa shape index (κ3) is 5.10. The van der Waals surface area contributed by atoms with E-state index in [0.717, 1.165) is 22.4 Å². The van der Waals surface area contributed by atoms with Gasteiger partial charge in [-0.05, 0) is 55.2 Å². The van der Waals surface area contributed by atoms with Crippen LogP contribution in [0, 0.1) is 19.7 Å². The summed E-state index contributed by atoms with van der Waals surface area (Å²) < 4.78 is 12.9. The van der Waals surface area contributed by atoms with Crippen LogP contribution in [0.1, 0.15) is 27.2 Å². The lowest BCUT2D eigenvalue weighted by Gasteiger charge is -2.10. The van der Waals surface area contributed by atoms with Crippen LogP contribution in [-0.4, -0.2) is 22.4 Å². The highest BCUT2D eigenvalue weighted by molar-refractivity contribution is 6.03. The lowest BCUT2D eigenvalue weighted by atomic mass is 10.1. The van der Waals surface area contributed by atoms with Crippen LogP contribution in [0.3, 0.4) is 0 Å². The van der Waals surface area contributed by atoms with Crippen molar-refractivity contribution in [1.29, 1.82) is 0 Å². The van der Waals surface area contributed by atoms with Crippen molar-refractivity contribution in [2.75, 3.05) is 17.2 Å². The second kappa shape index (κ2) is 8.40. The summed E-state index contributed by atoms with van der Waals surface area (Å²) in [6.07, 6.45) is 2.08. The molecule has 27 heavy (non-hydrogen) atoms. The van der Waals surface area contributed by atoms with Crippen LogP contribution in [0.25, 0.3) is 0 Å². The maximum atomic E-state index is 12.9. The highest BCUT2D eigenvalue weighted by Crippen LogP contribution is 2.17. The Morgan fingerprint density at radius 1 is 1.04 bits per heavy atom. The average Bonchev–Trinajstić information content (AvgIpc) is 2.66. The summed E-state index contributed by atoms with van der Waals surface area (Å²) in [6.45, 7) is 4.53. The molecule has 1 heterocycles. The van der Waals surface area contributed by atoms with Gasteiger partial charge in [0.05, 0.1) is 0 Å². The third-order valence-corrected chi connectivity index (χ3v) is 4.17. The van der Waals surface area contributed by atoms with Gasteiger partial charge in [-0.2, -0.15) is 0 Å². The minimum atomic E-state index is -0.285. The molecule has 0 spiro atoms. The molecular formula is C21H21FN4O. The van der Waals surface area contributed by atoms with Gasteiger partial charge in [-0.25, -0.2) is 14.4 Å². The summed E-state index contributed by atoms with van der Waals surface area (Å²) in [7, 11) is 0. The Morgan fingerprint density at radius 3 is 2.59 bits per heavy atom. The van der Waals surface area contributed by atoms with Crippen molar-refractivity contribution in [2.45, 2.75) is 20.3 Å². The number of hydrogen-bond acceptors (Lipinski definition) is 4. The molecule has 1 amide bonds. The number of benzene rings is 2. The molecule has 0 unspecified atom stereocenters. The number of carbonyl (C=O) groups excluding carboxylic acids is 1. The highest BCUT2D eigenvalue weighted by atomic mass is 19.1. The fourth-order valence-electron chi connectivity index (χ4n) is 2.62. The van der Waals surface area contributed by atoms with E-state index in [-0.39, 0.29) is 17.4 Å². The average molecular weight is 364 g/mol. The van der Waals surface area contributed by atoms with Gasteiger partial charge in [-0.1, -0.05) is 24.3 Å². The summed E-state index contributed by atoms with van der Waals surface area (Å²) >= 11 is 0. The number of nitrogens with zero attached hydrogens (tertiary/aromatic N) is 2. The predicted molar refractivity (Wildman–Crippen MR) is 104 cm³/mol. The van der Waals surface area contributed by atoms with E-state index in [1.54, 1.807) is 18.2 Å². The molecule has 0 aliphatic carbocycles. The van der Waals surface area contributed by atoms with E-state index >= 15 is 0 Å². The molecule has 5 nitrogen and oxygen atoms in total. The summed E-state index contributed by atoms with van der Waals surface area (Å²) in [5.41, 5.74) is 4.13. The number of rotatable bonds is 6. The van der Waals surface area contributed by atoms with Crippen molar-refractivity contribution in [3.05, 3.63) is 83.1 Å². The third-order valence-electron chi connectivity index (χ3n) is 4.17. The second-order valence-corrected chi connectivity index (χ2v) is 6.36. The Morgan fingerprint density at radius 2 is 1.81 bits per heavy atom. The standard InChI is InChI=1S/C21H21FN4O/c1-14-3-4-15(2)18(11-14)26-21(27)19-12-20(25-13-24-19)23-10-9-16-5-7-17(22)8-6-16/h3-8,11-13H,9-10H2,1-2H3,(H,26,27)(H,23,24,25). The number of nitrogens with one attached hydrogen (secondary N) is 2. The molecule has 2 N–H and O–H groups in total. The molecule has 0 saturated carbocycles. The van der Waals surface area contributed by atoms with E-state index in [9.17, 15) is 9.18 Å². The lowest BCUT2D eigenvalue weighted by molar-refractivity contribution is 0.102. The number of amides is 1. The van der Waals surface area contributed by atoms with Crippen molar-refractivity contribution in [3.63, 3.8) is 0 Å². The first kappa shape index (κ1) is 18.5. The zero-order valence-electron chi connectivity index (χ0n) is 15.3. The molecule has 1 aromatic heterocycles. The van der Waals surface area contributed by atoms with Crippen LogP contribution in [0.2, 0.25) is 0 Å². The van der Waals surface area contributed by atoms with E-state index in [1.807, 2.05) is 32.0 Å². The summed E-state index contributed by atoms with van der Waals surface area (Å²) in [4.78, 5) is 20.7. The molecule has 0 atom stereocenters. The molecule has 0 bridgehead atoms. The van der Waals surface area contributed by atoms with E-state index in [2.05, 4.69) is 20.6 Å². The highest BCUT2D eigenvalue weighted by Gasteiger charge is 2.10. The van der Waals surface area contributed by atoms with Crippen molar-refractivity contribution in [1.82, 2.24) is 9.97 Å². The maximum Gasteiger partial charge on any atom is 0.274 e. The van der Waals surface area contributed by atoms with Crippen LogP contribution in [0.4, 0.5) is 15.9 Å².